The van der Waals surface area contributed by atoms with Crippen LogP contribution in [0.4, 0.5) is 0 Å². The monoisotopic (exact) mass is 284 g/mol. The molecule has 0 saturated carbocycles. The minimum Gasteiger partial charge on any atom is -0.334 e. The summed E-state index contributed by atoms with van der Waals surface area (Å²) in [6.45, 7) is 2.88. The lowest BCUT2D eigenvalue weighted by atomic mass is 10.1. The summed E-state index contributed by atoms with van der Waals surface area (Å²) in [5.74, 6) is 6.47. The topological polar surface area (TPSA) is 55.9 Å². The first kappa shape index (κ1) is 13.4. The molecule has 0 saturated heterocycles. The average Bonchev–Trinajstić information content (AvgIpc) is 2.83. The van der Waals surface area contributed by atoms with Crippen molar-refractivity contribution in [1.82, 2.24) is 15.0 Å². The number of aryl methyl sites for hydroxylation is 1. The first-order valence-corrected chi connectivity index (χ1v) is 6.35. The van der Waals surface area contributed by atoms with E-state index in [4.69, 9.17) is 29.0 Å². The molecule has 2 rings (SSSR count). The van der Waals surface area contributed by atoms with Crippen LogP contribution in [0, 0.1) is 0 Å². The van der Waals surface area contributed by atoms with E-state index in [0.717, 1.165) is 17.9 Å². The van der Waals surface area contributed by atoms with Crippen molar-refractivity contribution in [2.75, 3.05) is 0 Å². The number of hydrogen-bond acceptors (Lipinski definition) is 3. The van der Waals surface area contributed by atoms with E-state index in [2.05, 4.69) is 10.4 Å². The fraction of sp³-hybridized carbons (Fsp3) is 0.250. The molecule has 18 heavy (non-hydrogen) atoms. The molecule has 0 spiro atoms. The Kier molecular flexibility index (Phi) is 4.24. The van der Waals surface area contributed by atoms with Crippen LogP contribution in [0.3, 0.4) is 0 Å². The van der Waals surface area contributed by atoms with Gasteiger partial charge in [-0.05, 0) is 24.6 Å². The molecule has 0 bridgehead atoms. The van der Waals surface area contributed by atoms with E-state index in [1.807, 2.05) is 23.8 Å². The fourth-order valence-corrected chi connectivity index (χ4v) is 2.17. The van der Waals surface area contributed by atoms with Crippen molar-refractivity contribution >= 4 is 23.2 Å². The third kappa shape index (κ3) is 2.52. The molecule has 96 valence electrons. The number of rotatable bonds is 4. The Morgan fingerprint density at radius 1 is 1.39 bits per heavy atom. The molecular weight excluding hydrogens is 271 g/mol. The van der Waals surface area contributed by atoms with Gasteiger partial charge in [-0.1, -0.05) is 29.3 Å². The largest absolute Gasteiger partial charge is 0.334 e. The van der Waals surface area contributed by atoms with Gasteiger partial charge in [0.25, 0.3) is 0 Å². The Hall–Kier alpha value is -1.07. The number of hydrogen-bond donors (Lipinski definition) is 2. The molecule has 0 aliphatic heterocycles. The highest BCUT2D eigenvalue weighted by Gasteiger charge is 2.18. The van der Waals surface area contributed by atoms with Gasteiger partial charge in [-0.3, -0.25) is 5.84 Å². The minimum absolute atomic E-state index is 0.213. The van der Waals surface area contributed by atoms with Crippen LogP contribution in [0.1, 0.15) is 24.4 Å². The van der Waals surface area contributed by atoms with Gasteiger partial charge in [0.2, 0.25) is 0 Å². The molecule has 0 fully saturated rings. The zero-order chi connectivity index (χ0) is 13.1. The second kappa shape index (κ2) is 5.71. The number of benzene rings is 1. The van der Waals surface area contributed by atoms with E-state index in [0.29, 0.717) is 10.0 Å². The van der Waals surface area contributed by atoms with Crippen LogP contribution in [0.25, 0.3) is 0 Å². The van der Waals surface area contributed by atoms with Crippen molar-refractivity contribution in [2.45, 2.75) is 19.5 Å². The minimum atomic E-state index is -0.213. The molecular formula is C12H14Cl2N4. The summed E-state index contributed by atoms with van der Waals surface area (Å²) in [6, 6.07) is 5.22. The second-order valence-corrected chi connectivity index (χ2v) is 4.66. The van der Waals surface area contributed by atoms with Gasteiger partial charge in [-0.2, -0.15) is 0 Å². The maximum Gasteiger partial charge on any atom is 0.131 e. The molecule has 1 atom stereocenters. The quantitative estimate of drug-likeness (QED) is 0.671. The van der Waals surface area contributed by atoms with Gasteiger partial charge in [0.1, 0.15) is 11.9 Å². The average molecular weight is 285 g/mol. The van der Waals surface area contributed by atoms with E-state index in [1.54, 1.807) is 18.3 Å². The van der Waals surface area contributed by atoms with Crippen LogP contribution in [0.5, 0.6) is 0 Å². The molecule has 1 unspecified atom stereocenters. The van der Waals surface area contributed by atoms with Crippen molar-refractivity contribution in [2.24, 2.45) is 5.84 Å². The maximum absolute atomic E-state index is 6.02. The number of imidazole rings is 1. The Bertz CT molecular complexity index is 539. The highest BCUT2D eigenvalue weighted by Crippen LogP contribution is 2.27. The third-order valence-corrected chi connectivity index (χ3v) is 3.53. The first-order chi connectivity index (χ1) is 8.67. The Labute approximate surface area is 116 Å². The van der Waals surface area contributed by atoms with Crippen molar-refractivity contribution in [3.05, 3.63) is 52.0 Å². The highest BCUT2D eigenvalue weighted by atomic mass is 35.5. The predicted molar refractivity (Wildman–Crippen MR) is 73.5 cm³/mol. The third-order valence-electron chi connectivity index (χ3n) is 2.79. The lowest BCUT2D eigenvalue weighted by molar-refractivity contribution is 0.561. The maximum atomic E-state index is 6.02. The normalized spacial score (nSPS) is 12.7. The van der Waals surface area contributed by atoms with E-state index >= 15 is 0 Å². The molecule has 0 radical (unpaired) electrons. The molecule has 0 aliphatic carbocycles. The smallest absolute Gasteiger partial charge is 0.131 e. The Balaban J connectivity index is 2.42. The number of hydrazine groups is 1. The molecule has 3 N–H and O–H groups in total. The van der Waals surface area contributed by atoms with Crippen molar-refractivity contribution in [1.29, 1.82) is 0 Å². The molecule has 1 aromatic carbocycles. The van der Waals surface area contributed by atoms with Crippen LogP contribution in [-0.4, -0.2) is 9.55 Å². The summed E-state index contributed by atoms with van der Waals surface area (Å²) in [4.78, 5) is 4.33. The summed E-state index contributed by atoms with van der Waals surface area (Å²) in [5, 5.41) is 1.03. The summed E-state index contributed by atoms with van der Waals surface area (Å²) in [5.41, 5.74) is 3.68. The standard InChI is InChI=1S/C12H14Cl2N4/c1-2-18-6-5-16-12(18)11(17-15)8-3-4-9(13)10(14)7-8/h3-7,11,17H,2,15H2,1H3. The predicted octanol–water partition coefficient (Wildman–Crippen LogP) is 2.76. The van der Waals surface area contributed by atoms with E-state index in [1.165, 1.54) is 0 Å². The summed E-state index contributed by atoms with van der Waals surface area (Å²) in [7, 11) is 0. The molecule has 4 nitrogen and oxygen atoms in total. The van der Waals surface area contributed by atoms with Gasteiger partial charge < -0.3 is 4.57 Å². The number of nitrogens with zero attached hydrogens (tertiary/aromatic N) is 2. The summed E-state index contributed by atoms with van der Waals surface area (Å²) >= 11 is 11.9. The number of aromatic nitrogens is 2. The van der Waals surface area contributed by atoms with Gasteiger partial charge in [-0.15, -0.1) is 0 Å². The number of nitrogens with two attached hydrogens (primary N) is 1. The van der Waals surface area contributed by atoms with Gasteiger partial charge in [0.15, 0.2) is 0 Å². The zero-order valence-corrected chi connectivity index (χ0v) is 11.4. The molecule has 1 heterocycles. The van der Waals surface area contributed by atoms with Crippen LogP contribution < -0.4 is 11.3 Å². The van der Waals surface area contributed by atoms with Gasteiger partial charge in [-0.25, -0.2) is 10.4 Å². The van der Waals surface area contributed by atoms with Crippen LogP contribution in [0.15, 0.2) is 30.6 Å². The number of nitrogens with one attached hydrogen (secondary N) is 1. The Morgan fingerprint density at radius 3 is 2.78 bits per heavy atom. The molecule has 0 aliphatic rings. The van der Waals surface area contributed by atoms with Crippen molar-refractivity contribution < 1.29 is 0 Å². The summed E-state index contributed by atoms with van der Waals surface area (Å²) in [6.07, 6.45) is 3.66. The molecule has 2 aromatic rings. The van der Waals surface area contributed by atoms with Crippen LogP contribution in [-0.2, 0) is 6.54 Å². The van der Waals surface area contributed by atoms with Gasteiger partial charge in [0.05, 0.1) is 10.0 Å². The second-order valence-electron chi connectivity index (χ2n) is 3.84. The lowest BCUT2D eigenvalue weighted by Crippen LogP contribution is -2.31. The van der Waals surface area contributed by atoms with Crippen molar-refractivity contribution in [3.8, 4) is 0 Å². The van der Waals surface area contributed by atoms with Crippen molar-refractivity contribution in [3.63, 3.8) is 0 Å². The van der Waals surface area contributed by atoms with Crippen LogP contribution in [0.2, 0.25) is 10.0 Å². The first-order valence-electron chi connectivity index (χ1n) is 5.59. The highest BCUT2D eigenvalue weighted by molar-refractivity contribution is 6.42. The van der Waals surface area contributed by atoms with E-state index in [9.17, 15) is 0 Å². The van der Waals surface area contributed by atoms with Gasteiger partial charge >= 0.3 is 0 Å². The zero-order valence-electron chi connectivity index (χ0n) is 9.90. The Morgan fingerprint density at radius 2 is 2.17 bits per heavy atom. The SMILES string of the molecule is CCn1ccnc1C(NN)c1ccc(Cl)c(Cl)c1. The lowest BCUT2D eigenvalue weighted by Gasteiger charge is -2.17. The van der Waals surface area contributed by atoms with E-state index < -0.39 is 0 Å². The molecule has 1 aromatic heterocycles. The molecule has 6 heteroatoms. The van der Waals surface area contributed by atoms with Gasteiger partial charge in [0, 0.05) is 18.9 Å². The van der Waals surface area contributed by atoms with E-state index in [-0.39, 0.29) is 6.04 Å². The molecule has 0 amide bonds. The number of halogens is 2. The van der Waals surface area contributed by atoms with Crippen LogP contribution >= 0.6 is 23.2 Å². The summed E-state index contributed by atoms with van der Waals surface area (Å²) < 4.78 is 2.02. The fourth-order valence-electron chi connectivity index (χ4n) is 1.86.